The summed E-state index contributed by atoms with van der Waals surface area (Å²) in [5.41, 5.74) is 5.62. The summed E-state index contributed by atoms with van der Waals surface area (Å²) in [5.74, 6) is 5.98. The van der Waals surface area contributed by atoms with E-state index in [1.165, 1.54) is 10.4 Å². The van der Waals surface area contributed by atoms with Gasteiger partial charge in [-0.3, -0.25) is 10.2 Å². The average molecular weight is 312 g/mol. The van der Waals surface area contributed by atoms with Gasteiger partial charge in [0, 0.05) is 4.88 Å². The lowest BCUT2D eigenvalue weighted by molar-refractivity contribution is 0.912. The first-order chi connectivity index (χ1) is 10.7. The molecule has 2 aromatic heterocycles. The van der Waals surface area contributed by atoms with Crippen molar-refractivity contribution >= 4 is 27.5 Å². The molecule has 0 atom stereocenters. The summed E-state index contributed by atoms with van der Waals surface area (Å²) >= 11 is 1.62. The first-order valence-corrected chi connectivity index (χ1v) is 8.11. The number of thiophene rings is 1. The normalized spacial score (nSPS) is 13.5. The molecular formula is C16H16N4OS. The van der Waals surface area contributed by atoms with E-state index in [0.29, 0.717) is 5.95 Å². The van der Waals surface area contributed by atoms with Crippen molar-refractivity contribution in [1.29, 1.82) is 0 Å². The van der Waals surface area contributed by atoms with E-state index in [4.69, 9.17) is 5.84 Å². The van der Waals surface area contributed by atoms with Crippen molar-refractivity contribution in [3.63, 3.8) is 0 Å². The molecule has 112 valence electrons. The fourth-order valence-electron chi connectivity index (χ4n) is 3.07. The molecule has 1 aliphatic rings. The number of hydrazine groups is 1. The zero-order valence-corrected chi connectivity index (χ0v) is 13.0. The SMILES string of the molecule is Cc1ccc(-n2c(NN)nc3sc4c(c3c2=O)CCC4)cc1. The Balaban J connectivity index is 2.06. The molecule has 4 rings (SSSR count). The van der Waals surface area contributed by atoms with Crippen molar-refractivity contribution in [3.05, 3.63) is 50.6 Å². The smallest absolute Gasteiger partial charge is 0.268 e. The number of nitrogen functional groups attached to an aromatic ring is 1. The Kier molecular flexibility index (Phi) is 3.02. The Bertz CT molecular complexity index is 924. The maximum Gasteiger partial charge on any atom is 0.268 e. The molecule has 0 unspecified atom stereocenters. The number of hydrogen-bond donors (Lipinski definition) is 2. The Morgan fingerprint density at radius 1 is 1.27 bits per heavy atom. The first kappa shape index (κ1) is 13.5. The second kappa shape index (κ2) is 4.93. The van der Waals surface area contributed by atoms with Crippen molar-refractivity contribution in [2.24, 2.45) is 5.84 Å². The quantitative estimate of drug-likeness (QED) is 0.563. The highest BCUT2D eigenvalue weighted by Crippen LogP contribution is 2.35. The van der Waals surface area contributed by atoms with Gasteiger partial charge in [0.15, 0.2) is 0 Å². The molecule has 0 amide bonds. The summed E-state index contributed by atoms with van der Waals surface area (Å²) in [6, 6.07) is 7.78. The van der Waals surface area contributed by atoms with Crippen LogP contribution >= 0.6 is 11.3 Å². The lowest BCUT2D eigenvalue weighted by Gasteiger charge is -2.12. The van der Waals surface area contributed by atoms with Gasteiger partial charge in [-0.1, -0.05) is 17.7 Å². The lowest BCUT2D eigenvalue weighted by Crippen LogP contribution is -2.26. The summed E-state index contributed by atoms with van der Waals surface area (Å²) in [6.45, 7) is 2.02. The molecule has 22 heavy (non-hydrogen) atoms. The van der Waals surface area contributed by atoms with E-state index in [-0.39, 0.29) is 5.56 Å². The van der Waals surface area contributed by atoms with Crippen LogP contribution in [0.15, 0.2) is 29.1 Å². The minimum absolute atomic E-state index is 0.0406. The lowest BCUT2D eigenvalue weighted by atomic mass is 10.2. The standard InChI is InChI=1S/C16H16N4OS/c1-9-5-7-10(8-6-9)20-15(21)13-11-3-2-4-12(11)22-14(13)18-16(20)19-17/h5-8H,2-4,17H2,1H3,(H,18,19). The number of aryl methyl sites for hydroxylation is 3. The molecule has 1 aliphatic carbocycles. The summed E-state index contributed by atoms with van der Waals surface area (Å²) < 4.78 is 1.56. The first-order valence-electron chi connectivity index (χ1n) is 7.30. The van der Waals surface area contributed by atoms with Crippen LogP contribution in [0.4, 0.5) is 5.95 Å². The van der Waals surface area contributed by atoms with Crippen molar-refractivity contribution in [2.75, 3.05) is 5.43 Å². The summed E-state index contributed by atoms with van der Waals surface area (Å²) in [6.07, 6.45) is 3.14. The minimum atomic E-state index is -0.0406. The summed E-state index contributed by atoms with van der Waals surface area (Å²) in [5, 5.41) is 0.761. The van der Waals surface area contributed by atoms with E-state index in [9.17, 15) is 4.79 Å². The molecule has 0 radical (unpaired) electrons. The molecule has 3 aromatic rings. The van der Waals surface area contributed by atoms with Crippen molar-refractivity contribution in [2.45, 2.75) is 26.2 Å². The highest BCUT2D eigenvalue weighted by atomic mass is 32.1. The van der Waals surface area contributed by atoms with E-state index in [2.05, 4.69) is 10.4 Å². The number of nitrogens with zero attached hydrogens (tertiary/aromatic N) is 2. The van der Waals surface area contributed by atoms with Crippen LogP contribution in [0.25, 0.3) is 15.9 Å². The van der Waals surface area contributed by atoms with Crippen molar-refractivity contribution in [3.8, 4) is 5.69 Å². The Hall–Kier alpha value is -2.18. The molecule has 6 heteroatoms. The number of fused-ring (bicyclic) bond motifs is 3. The molecule has 0 fully saturated rings. The second-order valence-corrected chi connectivity index (χ2v) is 6.68. The van der Waals surface area contributed by atoms with Gasteiger partial charge in [-0.25, -0.2) is 15.4 Å². The average Bonchev–Trinajstić information content (AvgIpc) is 3.08. The minimum Gasteiger partial charge on any atom is -0.293 e. The largest absolute Gasteiger partial charge is 0.293 e. The Labute approximate surface area is 131 Å². The van der Waals surface area contributed by atoms with Gasteiger partial charge >= 0.3 is 0 Å². The van der Waals surface area contributed by atoms with Crippen molar-refractivity contribution in [1.82, 2.24) is 9.55 Å². The van der Waals surface area contributed by atoms with Crippen LogP contribution < -0.4 is 16.8 Å². The predicted octanol–water partition coefficient (Wildman–Crippen LogP) is 2.53. The predicted molar refractivity (Wildman–Crippen MR) is 89.8 cm³/mol. The van der Waals surface area contributed by atoms with Crippen LogP contribution in [-0.4, -0.2) is 9.55 Å². The fourth-order valence-corrected chi connectivity index (χ4v) is 4.33. The third-order valence-electron chi connectivity index (χ3n) is 4.16. The summed E-state index contributed by atoms with van der Waals surface area (Å²) in [4.78, 5) is 19.7. The van der Waals surface area contributed by atoms with E-state index >= 15 is 0 Å². The zero-order valence-electron chi connectivity index (χ0n) is 12.2. The Morgan fingerprint density at radius 2 is 2.05 bits per heavy atom. The van der Waals surface area contributed by atoms with Crippen LogP contribution in [0.5, 0.6) is 0 Å². The number of benzene rings is 1. The van der Waals surface area contributed by atoms with E-state index in [1.807, 2.05) is 31.2 Å². The second-order valence-electron chi connectivity index (χ2n) is 5.59. The molecule has 0 aliphatic heterocycles. The summed E-state index contributed by atoms with van der Waals surface area (Å²) in [7, 11) is 0. The van der Waals surface area contributed by atoms with Gasteiger partial charge in [0.25, 0.3) is 5.56 Å². The topological polar surface area (TPSA) is 72.9 Å². The molecule has 3 N–H and O–H groups in total. The van der Waals surface area contributed by atoms with Crippen LogP contribution in [0.2, 0.25) is 0 Å². The molecule has 0 bridgehead atoms. The van der Waals surface area contributed by atoms with E-state index in [0.717, 1.165) is 40.7 Å². The van der Waals surface area contributed by atoms with Crippen LogP contribution in [0.1, 0.15) is 22.4 Å². The maximum atomic E-state index is 13.0. The molecular weight excluding hydrogens is 296 g/mol. The monoisotopic (exact) mass is 312 g/mol. The molecule has 0 saturated heterocycles. The third-order valence-corrected chi connectivity index (χ3v) is 5.35. The van der Waals surface area contributed by atoms with Gasteiger partial charge in [-0.05, 0) is 43.9 Å². The van der Waals surface area contributed by atoms with Crippen molar-refractivity contribution < 1.29 is 0 Å². The molecule has 0 spiro atoms. The van der Waals surface area contributed by atoms with Gasteiger partial charge in [-0.15, -0.1) is 11.3 Å². The number of rotatable bonds is 2. The van der Waals surface area contributed by atoms with Gasteiger partial charge in [0.2, 0.25) is 5.95 Å². The number of nitrogens with two attached hydrogens (primary N) is 1. The highest BCUT2D eigenvalue weighted by Gasteiger charge is 2.23. The molecule has 2 heterocycles. The fraction of sp³-hybridized carbons (Fsp3) is 0.250. The van der Waals surface area contributed by atoms with Crippen LogP contribution in [0.3, 0.4) is 0 Å². The Morgan fingerprint density at radius 3 is 2.77 bits per heavy atom. The number of hydrogen-bond acceptors (Lipinski definition) is 5. The highest BCUT2D eigenvalue weighted by molar-refractivity contribution is 7.18. The van der Waals surface area contributed by atoms with Crippen LogP contribution in [0, 0.1) is 6.92 Å². The van der Waals surface area contributed by atoms with E-state index < -0.39 is 0 Å². The number of anilines is 1. The third kappa shape index (κ3) is 1.88. The van der Waals surface area contributed by atoms with Gasteiger partial charge < -0.3 is 0 Å². The van der Waals surface area contributed by atoms with E-state index in [1.54, 1.807) is 15.9 Å². The van der Waals surface area contributed by atoms with Crippen LogP contribution in [-0.2, 0) is 12.8 Å². The molecule has 0 saturated carbocycles. The number of aromatic nitrogens is 2. The van der Waals surface area contributed by atoms with Gasteiger partial charge in [0.05, 0.1) is 11.1 Å². The van der Waals surface area contributed by atoms with Gasteiger partial charge in [-0.2, -0.15) is 0 Å². The molecule has 5 nitrogen and oxygen atoms in total. The molecule has 1 aromatic carbocycles. The zero-order chi connectivity index (χ0) is 15.3. The number of nitrogens with one attached hydrogen (secondary N) is 1. The maximum absolute atomic E-state index is 13.0. The van der Waals surface area contributed by atoms with Gasteiger partial charge in [0.1, 0.15) is 4.83 Å².